The van der Waals surface area contributed by atoms with Gasteiger partial charge in [-0.25, -0.2) is 9.78 Å². The third-order valence-corrected chi connectivity index (χ3v) is 7.12. The fraction of sp³-hybridized carbons (Fsp3) is 0.286. The van der Waals surface area contributed by atoms with Gasteiger partial charge in [0.05, 0.1) is 0 Å². The number of amides is 2. The molecule has 216 valence electrons. The number of pyridine rings is 2. The molecule has 0 aliphatic heterocycles. The zero-order valence-corrected chi connectivity index (χ0v) is 24.7. The Balaban J connectivity index is 1.91. The number of carbonyl (C=O) groups excluding carboxylic acids is 1. The van der Waals surface area contributed by atoms with Crippen molar-refractivity contribution >= 4 is 28.4 Å². The van der Waals surface area contributed by atoms with E-state index in [1.165, 1.54) is 0 Å². The summed E-state index contributed by atoms with van der Waals surface area (Å²) in [6, 6.07) is 16.7. The Morgan fingerprint density at radius 2 is 1.71 bits per heavy atom. The van der Waals surface area contributed by atoms with Crippen molar-refractivity contribution in [2.24, 2.45) is 0 Å². The molecule has 7 nitrogen and oxygen atoms in total. The zero-order chi connectivity index (χ0) is 30.2. The van der Waals surface area contributed by atoms with Gasteiger partial charge in [0, 0.05) is 34.9 Å². The van der Waals surface area contributed by atoms with E-state index in [1.54, 1.807) is 10.8 Å². The van der Waals surface area contributed by atoms with Crippen molar-refractivity contribution in [3.05, 3.63) is 100 Å². The van der Waals surface area contributed by atoms with E-state index in [1.807, 2.05) is 60.7 Å². The Kier molecular flexibility index (Phi) is 9.95. The zero-order valence-electron chi connectivity index (χ0n) is 24.7. The number of aliphatic hydroxyl groups is 1. The number of rotatable bonds is 9. The molecular formula is C35H38N4O3. The van der Waals surface area contributed by atoms with Crippen molar-refractivity contribution < 1.29 is 9.90 Å². The number of hydrogen-bond acceptors (Lipinski definition) is 4. The smallest absolute Gasteiger partial charge is 0.323 e. The van der Waals surface area contributed by atoms with Crippen LogP contribution in [0.25, 0.3) is 22.2 Å². The summed E-state index contributed by atoms with van der Waals surface area (Å²) < 4.78 is 1.62. The van der Waals surface area contributed by atoms with Crippen molar-refractivity contribution in [3.63, 3.8) is 0 Å². The molecule has 42 heavy (non-hydrogen) atoms. The first-order chi connectivity index (χ1) is 20.3. The second kappa shape index (κ2) is 13.8. The minimum atomic E-state index is -0.500. The van der Waals surface area contributed by atoms with E-state index < -0.39 is 6.03 Å². The lowest BCUT2D eigenvalue weighted by Crippen LogP contribution is -2.30. The minimum Gasteiger partial charge on any atom is -0.384 e. The van der Waals surface area contributed by atoms with Gasteiger partial charge in [-0.1, -0.05) is 75.9 Å². The van der Waals surface area contributed by atoms with Crippen LogP contribution in [-0.2, 0) is 6.54 Å². The third-order valence-electron chi connectivity index (χ3n) is 7.12. The van der Waals surface area contributed by atoms with Crippen molar-refractivity contribution in [2.45, 2.75) is 58.9 Å². The average Bonchev–Trinajstić information content (AvgIpc) is 2.98. The van der Waals surface area contributed by atoms with Gasteiger partial charge in [-0.3, -0.25) is 9.36 Å². The average molecular weight is 563 g/mol. The Morgan fingerprint density at radius 3 is 2.38 bits per heavy atom. The maximum absolute atomic E-state index is 14.2. The Morgan fingerprint density at radius 1 is 1.02 bits per heavy atom. The summed E-state index contributed by atoms with van der Waals surface area (Å²) in [6.45, 7) is 12.3. The van der Waals surface area contributed by atoms with E-state index in [-0.39, 0.29) is 29.7 Å². The molecule has 2 heterocycles. The number of unbranched alkanes of at least 4 members (excludes halogenated alkanes) is 1. The highest BCUT2D eigenvalue weighted by atomic mass is 16.2. The molecule has 2 aromatic heterocycles. The molecule has 0 saturated carbocycles. The van der Waals surface area contributed by atoms with E-state index in [2.05, 4.69) is 61.7 Å². The van der Waals surface area contributed by atoms with Crippen LogP contribution in [0.1, 0.15) is 69.1 Å². The maximum Gasteiger partial charge on any atom is 0.323 e. The molecule has 4 rings (SSSR count). The quantitative estimate of drug-likeness (QED) is 0.114. The number of nitrogens with zero attached hydrogens (tertiary/aromatic N) is 2. The van der Waals surface area contributed by atoms with Crippen LogP contribution >= 0.6 is 0 Å². The van der Waals surface area contributed by atoms with Gasteiger partial charge in [-0.2, -0.15) is 0 Å². The molecule has 0 aliphatic carbocycles. The second-order valence-electron chi connectivity index (χ2n) is 10.8. The molecule has 4 aromatic rings. The summed E-state index contributed by atoms with van der Waals surface area (Å²) in [6.07, 6.45) is 4.92. The highest BCUT2D eigenvalue weighted by Gasteiger charge is 2.22. The SMILES string of the molecule is C=CCCCn1c(=O)c(NC(=O)Nc2c(C(C)C)cccc2C(C)C)c(-c2cccc(C#CCO)c2)c2cccnc21. The van der Waals surface area contributed by atoms with Crippen molar-refractivity contribution in [2.75, 3.05) is 17.2 Å². The van der Waals surface area contributed by atoms with Gasteiger partial charge in [0.15, 0.2) is 0 Å². The van der Waals surface area contributed by atoms with E-state index in [0.717, 1.165) is 28.6 Å². The fourth-order valence-electron chi connectivity index (χ4n) is 5.14. The summed E-state index contributed by atoms with van der Waals surface area (Å²) in [5.74, 6) is 5.98. The summed E-state index contributed by atoms with van der Waals surface area (Å²) in [4.78, 5) is 32.5. The first-order valence-electron chi connectivity index (χ1n) is 14.3. The molecule has 0 atom stereocenters. The Bertz CT molecular complexity index is 1700. The minimum absolute atomic E-state index is 0.159. The van der Waals surface area contributed by atoms with Crippen LogP contribution in [0, 0.1) is 11.8 Å². The number of allylic oxidation sites excluding steroid dienone is 1. The lowest BCUT2D eigenvalue weighted by atomic mass is 9.93. The van der Waals surface area contributed by atoms with Gasteiger partial charge in [0.25, 0.3) is 5.56 Å². The standard InChI is InChI=1S/C35H38N4O3/c1-6-7-8-20-39-33-29(18-11-19-36-33)30(26-15-9-13-25(22-26)14-12-21-40)32(34(39)41)38-35(42)37-31-27(23(2)3)16-10-17-28(31)24(4)5/h6,9-11,13,15-19,22-24,40H,1,7-8,20-21H2,2-5H3,(H2,37,38,42). The third kappa shape index (κ3) is 6.62. The molecule has 3 N–H and O–H groups in total. The van der Waals surface area contributed by atoms with Gasteiger partial charge in [0.1, 0.15) is 17.9 Å². The van der Waals surface area contributed by atoms with Gasteiger partial charge in [0.2, 0.25) is 0 Å². The Labute approximate surface area is 247 Å². The molecule has 0 fully saturated rings. The predicted molar refractivity (Wildman–Crippen MR) is 172 cm³/mol. The summed E-state index contributed by atoms with van der Waals surface area (Å²) >= 11 is 0. The molecule has 0 saturated heterocycles. The molecule has 2 amide bonds. The summed E-state index contributed by atoms with van der Waals surface area (Å²) in [5.41, 5.74) is 5.10. The van der Waals surface area contributed by atoms with Crippen LogP contribution in [0.3, 0.4) is 0 Å². The monoisotopic (exact) mass is 562 g/mol. The van der Waals surface area contributed by atoms with Crippen molar-refractivity contribution in [1.82, 2.24) is 9.55 Å². The molecule has 0 spiro atoms. The summed E-state index contributed by atoms with van der Waals surface area (Å²) in [7, 11) is 0. The van der Waals surface area contributed by atoms with E-state index in [9.17, 15) is 14.7 Å². The highest BCUT2D eigenvalue weighted by molar-refractivity contribution is 6.07. The number of fused-ring (bicyclic) bond motifs is 1. The first kappa shape index (κ1) is 30.3. The summed E-state index contributed by atoms with van der Waals surface area (Å²) in [5, 5.41) is 15.9. The topological polar surface area (TPSA) is 96.2 Å². The number of nitrogens with one attached hydrogen (secondary N) is 2. The molecule has 0 aliphatic rings. The molecule has 7 heteroatoms. The number of para-hydroxylation sites is 1. The molecule has 0 radical (unpaired) electrons. The second-order valence-corrected chi connectivity index (χ2v) is 10.8. The van der Waals surface area contributed by atoms with Gasteiger partial charge in [-0.15, -0.1) is 6.58 Å². The molecular weight excluding hydrogens is 524 g/mol. The van der Waals surface area contributed by atoms with E-state index >= 15 is 0 Å². The van der Waals surface area contributed by atoms with Crippen molar-refractivity contribution in [3.8, 4) is 23.0 Å². The maximum atomic E-state index is 14.2. The lowest BCUT2D eigenvalue weighted by molar-refractivity contribution is 0.262. The number of hydrogen-bond donors (Lipinski definition) is 3. The number of carbonyl (C=O) groups is 1. The number of urea groups is 1. The first-order valence-corrected chi connectivity index (χ1v) is 14.3. The van der Waals surface area contributed by atoms with Crippen LogP contribution in [0.2, 0.25) is 0 Å². The predicted octanol–water partition coefficient (Wildman–Crippen LogP) is 7.26. The van der Waals surface area contributed by atoms with Crippen LogP contribution < -0.4 is 16.2 Å². The van der Waals surface area contributed by atoms with Gasteiger partial charge < -0.3 is 15.7 Å². The van der Waals surface area contributed by atoms with E-state index in [4.69, 9.17) is 0 Å². The van der Waals surface area contributed by atoms with E-state index in [0.29, 0.717) is 35.3 Å². The van der Waals surface area contributed by atoms with Gasteiger partial charge in [-0.05, 0) is 65.6 Å². The fourth-order valence-corrected chi connectivity index (χ4v) is 5.14. The molecule has 0 bridgehead atoms. The van der Waals surface area contributed by atoms with Crippen LogP contribution in [0.5, 0.6) is 0 Å². The highest BCUT2D eigenvalue weighted by Crippen LogP contribution is 2.35. The largest absolute Gasteiger partial charge is 0.384 e. The number of aliphatic hydroxyl groups excluding tert-OH is 1. The molecule has 0 unspecified atom stereocenters. The van der Waals surface area contributed by atoms with Crippen LogP contribution in [0.15, 0.2) is 78.2 Å². The number of aryl methyl sites for hydroxylation is 1. The van der Waals surface area contributed by atoms with Gasteiger partial charge >= 0.3 is 6.03 Å². The number of anilines is 2. The van der Waals surface area contributed by atoms with Crippen molar-refractivity contribution in [1.29, 1.82) is 0 Å². The number of benzene rings is 2. The normalized spacial score (nSPS) is 10.9. The lowest BCUT2D eigenvalue weighted by Gasteiger charge is -2.21. The number of aromatic nitrogens is 2. The van der Waals surface area contributed by atoms with Crippen LogP contribution in [-0.4, -0.2) is 27.3 Å². The molecule has 2 aromatic carbocycles. The Hall–Kier alpha value is -4.67. The van der Waals surface area contributed by atoms with Crippen LogP contribution in [0.4, 0.5) is 16.2 Å².